The predicted octanol–water partition coefficient (Wildman–Crippen LogP) is 3.14. The van der Waals surface area contributed by atoms with Crippen molar-refractivity contribution in [1.82, 2.24) is 9.88 Å². The molecule has 1 fully saturated rings. The molecule has 25 heavy (non-hydrogen) atoms. The van der Waals surface area contributed by atoms with E-state index in [-0.39, 0.29) is 24.0 Å². The Morgan fingerprint density at radius 2 is 2.04 bits per heavy atom. The van der Waals surface area contributed by atoms with Gasteiger partial charge in [0.15, 0.2) is 5.96 Å². The number of nitrogens with one attached hydrogen (secondary N) is 1. The molecular formula is C18H27IN4O2. The largest absolute Gasteiger partial charge is 0.497 e. The number of benzene rings is 1. The zero-order valence-electron chi connectivity index (χ0n) is 15.0. The van der Waals surface area contributed by atoms with Gasteiger partial charge in [-0.05, 0) is 31.7 Å². The number of H-pyrrole nitrogens is 1. The summed E-state index contributed by atoms with van der Waals surface area (Å²) < 4.78 is 10.8. The number of guanidine groups is 1. The summed E-state index contributed by atoms with van der Waals surface area (Å²) in [6.45, 7) is 0.735. The van der Waals surface area contributed by atoms with Gasteiger partial charge in [0.1, 0.15) is 11.5 Å². The lowest BCUT2D eigenvalue weighted by atomic mass is 10.2. The van der Waals surface area contributed by atoms with E-state index in [1.54, 1.807) is 14.2 Å². The third kappa shape index (κ3) is 4.71. The van der Waals surface area contributed by atoms with Gasteiger partial charge < -0.3 is 25.1 Å². The molecule has 6 nitrogen and oxygen atoms in total. The van der Waals surface area contributed by atoms with Gasteiger partial charge >= 0.3 is 0 Å². The SMILES string of the molecule is COc1cc(OC)c2cc(CCCN=C(N)N(C)C3CC3)[nH]c2c1.I. The molecule has 1 saturated carbocycles. The number of rotatable bonds is 7. The van der Waals surface area contributed by atoms with E-state index in [1.807, 2.05) is 19.2 Å². The fourth-order valence-corrected chi connectivity index (χ4v) is 2.88. The van der Waals surface area contributed by atoms with Crippen LogP contribution in [0.2, 0.25) is 0 Å². The second kappa shape index (κ2) is 8.64. The number of aromatic amines is 1. The smallest absolute Gasteiger partial charge is 0.191 e. The molecule has 0 radical (unpaired) electrons. The van der Waals surface area contributed by atoms with Gasteiger partial charge in [0.2, 0.25) is 0 Å². The second-order valence-electron chi connectivity index (χ2n) is 6.27. The highest BCUT2D eigenvalue weighted by Gasteiger charge is 2.27. The number of nitrogens with zero attached hydrogens (tertiary/aromatic N) is 2. The first-order chi connectivity index (χ1) is 11.6. The summed E-state index contributed by atoms with van der Waals surface area (Å²) in [6, 6.07) is 6.63. The number of hydrogen-bond acceptors (Lipinski definition) is 3. The highest BCUT2D eigenvalue weighted by Crippen LogP contribution is 2.31. The van der Waals surface area contributed by atoms with Gasteiger partial charge in [-0.25, -0.2) is 0 Å². The van der Waals surface area contributed by atoms with Crippen LogP contribution in [-0.4, -0.2) is 49.7 Å². The first-order valence-electron chi connectivity index (χ1n) is 8.38. The number of halogens is 1. The van der Waals surface area contributed by atoms with Crippen LogP contribution in [0.5, 0.6) is 11.5 Å². The van der Waals surface area contributed by atoms with Crippen molar-refractivity contribution in [3.05, 3.63) is 23.9 Å². The van der Waals surface area contributed by atoms with E-state index in [1.165, 1.54) is 18.5 Å². The zero-order chi connectivity index (χ0) is 17.1. The predicted molar refractivity (Wildman–Crippen MR) is 112 cm³/mol. The van der Waals surface area contributed by atoms with Crippen molar-refractivity contribution >= 4 is 40.8 Å². The summed E-state index contributed by atoms with van der Waals surface area (Å²) in [4.78, 5) is 9.99. The molecule has 0 amide bonds. The van der Waals surface area contributed by atoms with Gasteiger partial charge in [0, 0.05) is 42.8 Å². The number of aromatic nitrogens is 1. The average Bonchev–Trinajstić information content (AvgIpc) is 3.36. The van der Waals surface area contributed by atoms with Crippen LogP contribution in [0.1, 0.15) is 25.0 Å². The Labute approximate surface area is 165 Å². The minimum atomic E-state index is 0. The van der Waals surface area contributed by atoms with Crippen LogP contribution in [0.25, 0.3) is 10.9 Å². The van der Waals surface area contributed by atoms with Crippen molar-refractivity contribution in [3.63, 3.8) is 0 Å². The Morgan fingerprint density at radius 1 is 1.28 bits per heavy atom. The summed E-state index contributed by atoms with van der Waals surface area (Å²) in [5.74, 6) is 2.26. The molecule has 1 aromatic carbocycles. The fraction of sp³-hybridized carbons (Fsp3) is 0.500. The third-order valence-electron chi connectivity index (χ3n) is 4.52. The molecule has 1 heterocycles. The van der Waals surface area contributed by atoms with Gasteiger partial charge in [-0.3, -0.25) is 4.99 Å². The molecule has 3 rings (SSSR count). The zero-order valence-corrected chi connectivity index (χ0v) is 17.4. The summed E-state index contributed by atoms with van der Waals surface area (Å²) in [5.41, 5.74) is 8.20. The standard InChI is InChI=1S/C18H26N4O2.HI/c1-22(13-6-7-13)18(19)20-8-4-5-12-9-15-16(21-12)10-14(23-2)11-17(15)24-3;/h9-11,13,21H,4-8H2,1-3H3,(H2,19,20);1H. The van der Waals surface area contributed by atoms with Crippen LogP contribution in [-0.2, 0) is 6.42 Å². The molecule has 1 aliphatic rings. The monoisotopic (exact) mass is 458 g/mol. The minimum absolute atomic E-state index is 0. The van der Waals surface area contributed by atoms with Crippen LogP contribution >= 0.6 is 24.0 Å². The average molecular weight is 458 g/mol. The first kappa shape index (κ1) is 19.7. The highest BCUT2D eigenvalue weighted by atomic mass is 127. The number of aliphatic imine (C=N–C) groups is 1. The number of aryl methyl sites for hydroxylation is 1. The summed E-state index contributed by atoms with van der Waals surface area (Å²) in [7, 11) is 5.36. The molecular weight excluding hydrogens is 431 g/mol. The first-order valence-corrected chi connectivity index (χ1v) is 8.38. The Balaban J connectivity index is 0.00000225. The maximum absolute atomic E-state index is 6.01. The molecule has 138 valence electrons. The van der Waals surface area contributed by atoms with Crippen molar-refractivity contribution in [2.24, 2.45) is 10.7 Å². The van der Waals surface area contributed by atoms with E-state index in [9.17, 15) is 0 Å². The summed E-state index contributed by atoms with van der Waals surface area (Å²) in [6.07, 6.45) is 4.33. The molecule has 2 aromatic rings. The lowest BCUT2D eigenvalue weighted by Gasteiger charge is -2.16. The van der Waals surface area contributed by atoms with Crippen molar-refractivity contribution in [2.75, 3.05) is 27.8 Å². The van der Waals surface area contributed by atoms with Gasteiger partial charge in [-0.2, -0.15) is 0 Å². The highest BCUT2D eigenvalue weighted by molar-refractivity contribution is 14.0. The van der Waals surface area contributed by atoms with Crippen LogP contribution in [0.3, 0.4) is 0 Å². The quantitative estimate of drug-likeness (QED) is 0.289. The van der Waals surface area contributed by atoms with Crippen molar-refractivity contribution < 1.29 is 9.47 Å². The molecule has 0 unspecified atom stereocenters. The van der Waals surface area contributed by atoms with Crippen molar-refractivity contribution in [2.45, 2.75) is 31.7 Å². The van der Waals surface area contributed by atoms with E-state index in [0.717, 1.165) is 41.8 Å². The molecule has 0 spiro atoms. The van der Waals surface area contributed by atoms with E-state index in [2.05, 4.69) is 20.9 Å². The Bertz CT molecular complexity index is 740. The molecule has 0 aliphatic heterocycles. The van der Waals surface area contributed by atoms with Gasteiger partial charge in [-0.15, -0.1) is 24.0 Å². The van der Waals surface area contributed by atoms with Crippen molar-refractivity contribution in [1.29, 1.82) is 0 Å². The van der Waals surface area contributed by atoms with Crippen molar-refractivity contribution in [3.8, 4) is 11.5 Å². The fourth-order valence-electron chi connectivity index (χ4n) is 2.88. The van der Waals surface area contributed by atoms with Crippen LogP contribution < -0.4 is 15.2 Å². The molecule has 1 aromatic heterocycles. The Hall–Kier alpha value is -1.64. The maximum atomic E-state index is 6.01. The van der Waals surface area contributed by atoms with Crippen LogP contribution in [0, 0.1) is 0 Å². The van der Waals surface area contributed by atoms with E-state index >= 15 is 0 Å². The Morgan fingerprint density at radius 3 is 2.68 bits per heavy atom. The lowest BCUT2D eigenvalue weighted by Crippen LogP contribution is -2.35. The normalized spacial score (nSPS) is 14.3. The molecule has 0 bridgehead atoms. The summed E-state index contributed by atoms with van der Waals surface area (Å²) >= 11 is 0. The molecule has 3 N–H and O–H groups in total. The Kier molecular flexibility index (Phi) is 6.80. The van der Waals surface area contributed by atoms with Gasteiger partial charge in [0.05, 0.1) is 19.7 Å². The maximum Gasteiger partial charge on any atom is 0.191 e. The lowest BCUT2D eigenvalue weighted by molar-refractivity contribution is 0.398. The number of nitrogens with two attached hydrogens (primary N) is 1. The second-order valence-corrected chi connectivity index (χ2v) is 6.27. The number of methoxy groups -OCH3 is 2. The molecule has 0 atom stereocenters. The van der Waals surface area contributed by atoms with Gasteiger partial charge in [0.25, 0.3) is 0 Å². The van der Waals surface area contributed by atoms with Crippen LogP contribution in [0.15, 0.2) is 23.2 Å². The summed E-state index contributed by atoms with van der Waals surface area (Å²) in [5, 5.41) is 1.07. The van der Waals surface area contributed by atoms with E-state index in [4.69, 9.17) is 15.2 Å². The van der Waals surface area contributed by atoms with E-state index in [0.29, 0.717) is 12.0 Å². The molecule has 0 saturated heterocycles. The number of hydrogen-bond donors (Lipinski definition) is 2. The minimum Gasteiger partial charge on any atom is -0.497 e. The third-order valence-corrected chi connectivity index (χ3v) is 4.52. The number of ether oxygens (including phenoxy) is 2. The molecule has 1 aliphatic carbocycles. The number of fused-ring (bicyclic) bond motifs is 1. The van der Waals surface area contributed by atoms with E-state index < -0.39 is 0 Å². The topological polar surface area (TPSA) is 75.9 Å². The van der Waals surface area contributed by atoms with Gasteiger partial charge in [-0.1, -0.05) is 0 Å². The van der Waals surface area contributed by atoms with Crippen LogP contribution in [0.4, 0.5) is 0 Å². The molecule has 7 heteroatoms.